The molecule has 106 valence electrons. The number of sulfonamides is 1. The summed E-state index contributed by atoms with van der Waals surface area (Å²) in [5, 5.41) is 9.46. The Kier molecular flexibility index (Phi) is 4.70. The summed E-state index contributed by atoms with van der Waals surface area (Å²) in [5.41, 5.74) is 0.898. The Labute approximate surface area is 130 Å². The van der Waals surface area contributed by atoms with Gasteiger partial charge in [-0.3, -0.25) is 4.72 Å². The van der Waals surface area contributed by atoms with Gasteiger partial charge in [-0.15, -0.1) is 0 Å². The second kappa shape index (κ2) is 6.13. The van der Waals surface area contributed by atoms with Crippen LogP contribution in [0.2, 0.25) is 5.02 Å². The van der Waals surface area contributed by atoms with Crippen molar-refractivity contribution in [2.75, 3.05) is 4.72 Å². The van der Waals surface area contributed by atoms with Gasteiger partial charge in [0.25, 0.3) is 10.0 Å². The number of aliphatic hydroxyl groups is 1. The topological polar surface area (TPSA) is 66.4 Å². The van der Waals surface area contributed by atoms with Crippen LogP contribution in [0, 0.1) is 0 Å². The summed E-state index contributed by atoms with van der Waals surface area (Å²) in [7, 11) is -3.71. The van der Waals surface area contributed by atoms with Crippen molar-refractivity contribution in [2.24, 2.45) is 0 Å². The Morgan fingerprint density at radius 1 is 1.20 bits per heavy atom. The van der Waals surface area contributed by atoms with E-state index in [0.717, 1.165) is 0 Å². The summed E-state index contributed by atoms with van der Waals surface area (Å²) in [5.74, 6) is 0. The zero-order chi connectivity index (χ0) is 14.8. The Morgan fingerprint density at radius 2 is 1.95 bits per heavy atom. The average molecular weight is 377 g/mol. The number of benzene rings is 2. The first kappa shape index (κ1) is 15.3. The first-order chi connectivity index (χ1) is 9.42. The van der Waals surface area contributed by atoms with E-state index >= 15 is 0 Å². The van der Waals surface area contributed by atoms with E-state index in [-0.39, 0.29) is 11.5 Å². The SMILES string of the molecule is O=S(=O)(Nc1ccc(Br)c(Cl)c1)c1cccc(CO)c1. The fourth-order valence-electron chi connectivity index (χ4n) is 1.58. The number of nitrogens with one attached hydrogen (secondary N) is 1. The van der Waals surface area contributed by atoms with E-state index in [1.165, 1.54) is 18.2 Å². The quantitative estimate of drug-likeness (QED) is 0.859. The Morgan fingerprint density at radius 3 is 2.60 bits per heavy atom. The highest BCUT2D eigenvalue weighted by molar-refractivity contribution is 9.10. The normalized spacial score (nSPS) is 11.3. The molecule has 0 saturated carbocycles. The van der Waals surface area contributed by atoms with E-state index in [1.807, 2.05) is 0 Å². The lowest BCUT2D eigenvalue weighted by atomic mass is 10.2. The third kappa shape index (κ3) is 3.52. The summed E-state index contributed by atoms with van der Waals surface area (Å²) in [6.45, 7) is -0.215. The van der Waals surface area contributed by atoms with Crippen LogP contribution in [0.5, 0.6) is 0 Å². The van der Waals surface area contributed by atoms with Gasteiger partial charge in [0.2, 0.25) is 0 Å². The van der Waals surface area contributed by atoms with Crippen molar-refractivity contribution < 1.29 is 13.5 Å². The molecule has 0 radical (unpaired) electrons. The van der Waals surface area contributed by atoms with Gasteiger partial charge in [0.05, 0.1) is 22.2 Å². The molecule has 2 N–H and O–H groups in total. The Balaban J connectivity index is 2.32. The molecule has 2 rings (SSSR count). The molecular weight excluding hydrogens is 366 g/mol. The van der Waals surface area contributed by atoms with Crippen molar-refractivity contribution in [3.05, 3.63) is 57.5 Å². The molecule has 0 aromatic heterocycles. The van der Waals surface area contributed by atoms with Crippen molar-refractivity contribution in [3.8, 4) is 0 Å². The van der Waals surface area contributed by atoms with E-state index in [0.29, 0.717) is 20.7 Å². The molecule has 0 fully saturated rings. The standard InChI is InChI=1S/C13H11BrClNO3S/c14-12-5-4-10(7-13(12)15)16-20(18,19)11-3-1-2-9(6-11)8-17/h1-7,16-17H,8H2. The largest absolute Gasteiger partial charge is 0.392 e. The molecule has 0 aliphatic heterocycles. The molecule has 20 heavy (non-hydrogen) atoms. The first-order valence-corrected chi connectivity index (χ1v) is 8.25. The molecule has 7 heteroatoms. The molecule has 0 heterocycles. The maximum Gasteiger partial charge on any atom is 0.261 e. The number of anilines is 1. The Bertz CT molecular complexity index is 734. The molecule has 0 saturated heterocycles. The third-order valence-corrected chi connectivity index (χ3v) is 5.17. The first-order valence-electron chi connectivity index (χ1n) is 5.60. The van der Waals surface area contributed by atoms with Gasteiger partial charge >= 0.3 is 0 Å². The van der Waals surface area contributed by atoms with Crippen molar-refractivity contribution in [2.45, 2.75) is 11.5 Å². The lowest BCUT2D eigenvalue weighted by Crippen LogP contribution is -2.13. The molecule has 0 aliphatic rings. The smallest absolute Gasteiger partial charge is 0.261 e. The van der Waals surface area contributed by atoms with E-state index in [2.05, 4.69) is 20.7 Å². The monoisotopic (exact) mass is 375 g/mol. The number of aliphatic hydroxyl groups excluding tert-OH is 1. The van der Waals surface area contributed by atoms with Gasteiger partial charge in [-0.25, -0.2) is 8.42 Å². The van der Waals surface area contributed by atoms with Crippen LogP contribution in [0.25, 0.3) is 0 Å². The van der Waals surface area contributed by atoms with Crippen LogP contribution in [0.3, 0.4) is 0 Å². The zero-order valence-corrected chi connectivity index (χ0v) is 13.3. The highest BCUT2D eigenvalue weighted by atomic mass is 79.9. The summed E-state index contributed by atoms with van der Waals surface area (Å²) in [6, 6.07) is 10.9. The summed E-state index contributed by atoms with van der Waals surface area (Å²) >= 11 is 9.16. The molecule has 2 aromatic carbocycles. The molecule has 4 nitrogen and oxygen atoms in total. The van der Waals surface area contributed by atoms with Gasteiger partial charge in [0.1, 0.15) is 0 Å². The summed E-state index contributed by atoms with van der Waals surface area (Å²) in [6.07, 6.45) is 0. The van der Waals surface area contributed by atoms with Crippen LogP contribution in [0.15, 0.2) is 51.8 Å². The zero-order valence-electron chi connectivity index (χ0n) is 10.2. The summed E-state index contributed by atoms with van der Waals surface area (Å²) < 4.78 is 27.6. The van der Waals surface area contributed by atoms with Gasteiger partial charge in [0, 0.05) is 4.47 Å². The Hall–Kier alpha value is -1.08. The van der Waals surface area contributed by atoms with E-state index < -0.39 is 10.0 Å². The van der Waals surface area contributed by atoms with Crippen LogP contribution >= 0.6 is 27.5 Å². The minimum atomic E-state index is -3.71. The predicted molar refractivity (Wildman–Crippen MR) is 82.3 cm³/mol. The molecular formula is C13H11BrClNO3S. The van der Waals surface area contributed by atoms with Crippen molar-refractivity contribution in [3.63, 3.8) is 0 Å². The minimum Gasteiger partial charge on any atom is -0.392 e. The van der Waals surface area contributed by atoms with Crippen LogP contribution in [-0.4, -0.2) is 13.5 Å². The fourth-order valence-corrected chi connectivity index (χ4v) is 3.13. The van der Waals surface area contributed by atoms with Crippen LogP contribution in [-0.2, 0) is 16.6 Å². The maximum atomic E-state index is 12.2. The highest BCUT2D eigenvalue weighted by Crippen LogP contribution is 2.27. The van der Waals surface area contributed by atoms with Gasteiger partial charge in [0.15, 0.2) is 0 Å². The number of halogens is 2. The fraction of sp³-hybridized carbons (Fsp3) is 0.0769. The molecule has 0 aliphatic carbocycles. The van der Waals surface area contributed by atoms with Crippen molar-refractivity contribution in [1.29, 1.82) is 0 Å². The lowest BCUT2D eigenvalue weighted by molar-refractivity contribution is 0.281. The van der Waals surface area contributed by atoms with Crippen LogP contribution in [0.1, 0.15) is 5.56 Å². The van der Waals surface area contributed by atoms with Gasteiger partial charge in [-0.05, 0) is 51.8 Å². The molecule has 0 unspecified atom stereocenters. The predicted octanol–water partition coefficient (Wildman–Crippen LogP) is 3.40. The van der Waals surface area contributed by atoms with Gasteiger partial charge < -0.3 is 5.11 Å². The highest BCUT2D eigenvalue weighted by Gasteiger charge is 2.15. The van der Waals surface area contributed by atoms with E-state index in [4.69, 9.17) is 16.7 Å². The average Bonchev–Trinajstić information content (AvgIpc) is 2.43. The van der Waals surface area contributed by atoms with Gasteiger partial charge in [-0.2, -0.15) is 0 Å². The lowest BCUT2D eigenvalue weighted by Gasteiger charge is -2.09. The maximum absolute atomic E-state index is 12.2. The number of hydrogen-bond donors (Lipinski definition) is 2. The second-order valence-electron chi connectivity index (χ2n) is 4.04. The van der Waals surface area contributed by atoms with Crippen LogP contribution in [0.4, 0.5) is 5.69 Å². The van der Waals surface area contributed by atoms with E-state index in [1.54, 1.807) is 24.3 Å². The van der Waals surface area contributed by atoms with E-state index in [9.17, 15) is 8.42 Å². The third-order valence-electron chi connectivity index (χ3n) is 2.56. The van der Waals surface area contributed by atoms with Crippen molar-refractivity contribution >= 4 is 43.2 Å². The molecule has 0 bridgehead atoms. The van der Waals surface area contributed by atoms with Gasteiger partial charge in [-0.1, -0.05) is 23.7 Å². The summed E-state index contributed by atoms with van der Waals surface area (Å²) in [4.78, 5) is 0.0862. The molecule has 0 spiro atoms. The minimum absolute atomic E-state index is 0.0862. The number of hydrogen-bond acceptors (Lipinski definition) is 3. The van der Waals surface area contributed by atoms with Crippen molar-refractivity contribution in [1.82, 2.24) is 0 Å². The second-order valence-corrected chi connectivity index (χ2v) is 6.98. The van der Waals surface area contributed by atoms with Crippen LogP contribution < -0.4 is 4.72 Å². The molecule has 0 amide bonds. The number of rotatable bonds is 4. The molecule has 0 atom stereocenters. The molecule has 2 aromatic rings.